The van der Waals surface area contributed by atoms with Crippen LogP contribution in [0.2, 0.25) is 0 Å². The van der Waals surface area contributed by atoms with Gasteiger partial charge in [0.1, 0.15) is 15.9 Å². The number of rotatable bonds is 7. The summed E-state index contributed by atoms with van der Waals surface area (Å²) < 4.78 is 0. The molecule has 3 nitrogen and oxygen atoms in total. The lowest BCUT2D eigenvalue weighted by Gasteiger charge is -2.32. The first-order chi connectivity index (χ1) is 17.8. The second-order valence-corrected chi connectivity index (χ2v) is 12.5. The number of carbonyl (C=O) groups is 1. The molecule has 1 aliphatic rings. The van der Waals surface area contributed by atoms with Gasteiger partial charge in [-0.2, -0.15) is 0 Å². The zero-order valence-corrected chi connectivity index (χ0v) is 23.9. The maximum atomic E-state index is 13.7. The predicted molar refractivity (Wildman–Crippen MR) is 153 cm³/mol. The van der Waals surface area contributed by atoms with Crippen LogP contribution < -0.4 is 45.2 Å². The minimum Gasteiger partial charge on any atom is -1.00 e. The molecule has 1 amide bonds. The fourth-order valence-electron chi connectivity index (χ4n) is 5.02. The average molecular weight is 618 g/mol. The largest absolute Gasteiger partial charge is 1.00 e. The van der Waals surface area contributed by atoms with Gasteiger partial charge < -0.3 is 28.9 Å². The number of carbonyl (C=O) groups excluding carboxylic acids is 1. The first-order valence-corrected chi connectivity index (χ1v) is 14.5. The van der Waals surface area contributed by atoms with Crippen molar-refractivity contribution >= 4 is 29.1 Å². The van der Waals surface area contributed by atoms with E-state index in [0.717, 1.165) is 18.5 Å². The number of piperidine rings is 1. The van der Waals surface area contributed by atoms with Crippen LogP contribution in [0, 0.1) is 0 Å². The van der Waals surface area contributed by atoms with Crippen LogP contribution in [0.3, 0.4) is 0 Å². The van der Waals surface area contributed by atoms with Crippen molar-refractivity contribution in [2.24, 2.45) is 0 Å². The van der Waals surface area contributed by atoms with Gasteiger partial charge >= 0.3 is 0 Å². The molecule has 0 atom stereocenters. The lowest BCUT2D eigenvalue weighted by atomic mass is 10.1. The summed E-state index contributed by atoms with van der Waals surface area (Å²) in [7, 11) is -2.42. The van der Waals surface area contributed by atoms with Crippen LogP contribution in [0.1, 0.15) is 29.6 Å². The number of hydrogen-bond acceptors (Lipinski definition) is 2. The second kappa shape index (κ2) is 13.0. The molecule has 4 aromatic rings. The smallest absolute Gasteiger partial charge is 0.258 e. The summed E-state index contributed by atoms with van der Waals surface area (Å²) in [5, 5.41) is 7.11. The van der Waals surface area contributed by atoms with Crippen LogP contribution in [0.25, 0.3) is 0 Å². The van der Waals surface area contributed by atoms with Crippen LogP contribution in [-0.2, 0) is 0 Å². The molecule has 1 fully saturated rings. The third-order valence-corrected chi connectivity index (χ3v) is 10.9. The molecule has 1 aliphatic heterocycles. The highest BCUT2D eigenvalue weighted by Crippen LogP contribution is 2.61. The number of benzene rings is 4. The quantitative estimate of drug-likeness (QED) is 0.256. The van der Waals surface area contributed by atoms with Crippen molar-refractivity contribution < 1.29 is 28.8 Å². The van der Waals surface area contributed by atoms with Gasteiger partial charge in [0, 0.05) is 18.7 Å². The minimum absolute atomic E-state index is 0. The van der Waals surface area contributed by atoms with Gasteiger partial charge in [-0.15, -0.1) is 0 Å². The second-order valence-electron chi connectivity index (χ2n) is 9.11. The van der Waals surface area contributed by atoms with E-state index in [2.05, 4.69) is 107 Å². The lowest BCUT2D eigenvalue weighted by Crippen LogP contribution is -3.00. The van der Waals surface area contributed by atoms with Gasteiger partial charge in [-0.3, -0.25) is 10.1 Å². The Morgan fingerprint density at radius 3 is 1.46 bits per heavy atom. The summed E-state index contributed by atoms with van der Waals surface area (Å²) in [6.45, 7) is 2.01. The van der Waals surface area contributed by atoms with E-state index in [9.17, 15) is 4.79 Å². The van der Waals surface area contributed by atoms with E-state index < -0.39 is 7.26 Å². The van der Waals surface area contributed by atoms with Gasteiger partial charge in [-0.1, -0.05) is 72.8 Å². The number of amides is 1. The number of nitrogens with zero attached hydrogens (tertiary/aromatic N) is 1. The summed E-state index contributed by atoms with van der Waals surface area (Å²) in [5.41, 5.74) is 1.64. The Balaban J connectivity index is 0.00000320. The van der Waals surface area contributed by atoms with Crippen molar-refractivity contribution in [1.82, 2.24) is 10.2 Å². The van der Waals surface area contributed by atoms with E-state index in [4.69, 9.17) is 0 Å². The van der Waals surface area contributed by atoms with Gasteiger partial charge in [-0.05, 0) is 67.8 Å². The predicted octanol–water partition coefficient (Wildman–Crippen LogP) is 2.70. The van der Waals surface area contributed by atoms with Gasteiger partial charge in [0.15, 0.2) is 12.7 Å². The molecule has 5 heteroatoms. The minimum atomic E-state index is -2.42. The zero-order valence-electron chi connectivity index (χ0n) is 20.8. The summed E-state index contributed by atoms with van der Waals surface area (Å²) in [4.78, 5) is 16.1. The van der Waals surface area contributed by atoms with E-state index in [-0.39, 0.29) is 29.9 Å². The van der Waals surface area contributed by atoms with E-state index in [0.29, 0.717) is 5.56 Å². The Morgan fingerprint density at radius 2 is 1.03 bits per heavy atom. The molecule has 1 heterocycles. The Kier molecular flexibility index (Phi) is 9.54. The number of hydrogen-bond donors (Lipinski definition) is 1. The van der Waals surface area contributed by atoms with Crippen molar-refractivity contribution in [3.05, 3.63) is 139 Å². The van der Waals surface area contributed by atoms with Crippen molar-refractivity contribution in [1.29, 1.82) is 0 Å². The molecular weight excluding hydrogens is 586 g/mol. The molecule has 37 heavy (non-hydrogen) atoms. The maximum absolute atomic E-state index is 13.7. The van der Waals surface area contributed by atoms with E-state index >= 15 is 0 Å². The van der Waals surface area contributed by atoms with Crippen LogP contribution in [-0.4, -0.2) is 23.9 Å². The SMILES string of the molecule is O=C(N/C(=C\N1CCCCC1)[P+](c1ccccc1)(c1ccccc1)c1ccccc1)c1ccccc1.[I-]. The standard InChI is InChI=1S/C32H31N2OP.HI/c35-32(27-16-6-1-7-17-27)33-31(26-34-24-14-5-15-25-34)36(28-18-8-2-9-19-28,29-20-10-3-11-21-29)30-22-12-4-13-23-30;/h1-4,6-13,16-23,26H,5,14-15,24-25H2;1H/b31-26+;. The Labute approximate surface area is 238 Å². The molecule has 5 rings (SSSR count). The third kappa shape index (κ3) is 5.97. The molecule has 1 N–H and O–H groups in total. The Hall–Kier alpha value is -2.95. The third-order valence-electron chi connectivity index (χ3n) is 6.76. The molecule has 188 valence electrons. The van der Waals surface area contributed by atoms with Crippen molar-refractivity contribution in [2.75, 3.05) is 13.1 Å². The van der Waals surface area contributed by atoms with Crippen molar-refractivity contribution in [3.63, 3.8) is 0 Å². The van der Waals surface area contributed by atoms with E-state index in [1.54, 1.807) is 0 Å². The Morgan fingerprint density at radius 1 is 0.622 bits per heavy atom. The highest BCUT2D eigenvalue weighted by molar-refractivity contribution is 7.99. The summed E-state index contributed by atoms with van der Waals surface area (Å²) in [6, 6.07) is 41.6. The highest BCUT2D eigenvalue weighted by Gasteiger charge is 2.51. The normalized spacial score (nSPS) is 13.9. The van der Waals surface area contributed by atoms with Gasteiger partial charge in [0.25, 0.3) is 5.91 Å². The number of likely N-dealkylation sites (tertiary alicyclic amines) is 1. The van der Waals surface area contributed by atoms with E-state index in [1.807, 2.05) is 30.3 Å². The monoisotopic (exact) mass is 618 g/mol. The van der Waals surface area contributed by atoms with Crippen molar-refractivity contribution in [2.45, 2.75) is 19.3 Å². The number of halogens is 1. The maximum Gasteiger partial charge on any atom is 0.258 e. The molecule has 0 unspecified atom stereocenters. The first kappa shape index (κ1) is 27.1. The topological polar surface area (TPSA) is 32.3 Å². The molecule has 0 saturated carbocycles. The molecule has 1 saturated heterocycles. The summed E-state index contributed by atoms with van der Waals surface area (Å²) >= 11 is 0. The molecule has 0 spiro atoms. The first-order valence-electron chi connectivity index (χ1n) is 12.7. The fraction of sp³-hybridized carbons (Fsp3) is 0.156. The van der Waals surface area contributed by atoms with Crippen LogP contribution in [0.15, 0.2) is 133 Å². The lowest BCUT2D eigenvalue weighted by molar-refractivity contribution is -0.0000153. The Bertz CT molecular complexity index is 1200. The van der Waals surface area contributed by atoms with Gasteiger partial charge in [0.05, 0.1) is 6.20 Å². The fourth-order valence-corrected chi connectivity index (χ4v) is 9.21. The summed E-state index contributed by atoms with van der Waals surface area (Å²) in [6.07, 6.45) is 5.85. The molecular formula is C32H32IN2OP. The molecule has 0 radical (unpaired) electrons. The molecule has 0 aromatic heterocycles. The highest BCUT2D eigenvalue weighted by atomic mass is 127. The molecule has 4 aromatic carbocycles. The van der Waals surface area contributed by atoms with Gasteiger partial charge in [0.2, 0.25) is 0 Å². The molecule has 0 bridgehead atoms. The van der Waals surface area contributed by atoms with Crippen LogP contribution in [0.5, 0.6) is 0 Å². The van der Waals surface area contributed by atoms with E-state index in [1.165, 1.54) is 35.2 Å². The van der Waals surface area contributed by atoms with Crippen LogP contribution >= 0.6 is 7.26 Å². The van der Waals surface area contributed by atoms with Crippen LogP contribution in [0.4, 0.5) is 0 Å². The van der Waals surface area contributed by atoms with Gasteiger partial charge in [-0.25, -0.2) is 0 Å². The number of nitrogens with one attached hydrogen (secondary N) is 1. The summed E-state index contributed by atoms with van der Waals surface area (Å²) in [5.74, 6) is -0.0778. The zero-order chi connectivity index (χ0) is 24.6. The van der Waals surface area contributed by atoms with Crippen molar-refractivity contribution in [3.8, 4) is 0 Å². The average Bonchev–Trinajstić information content (AvgIpc) is 2.96. The molecule has 0 aliphatic carbocycles.